The van der Waals surface area contributed by atoms with Gasteiger partial charge in [0.1, 0.15) is 11.3 Å². The monoisotopic (exact) mass is 684 g/mol. The van der Waals surface area contributed by atoms with Gasteiger partial charge in [0.2, 0.25) is 12.3 Å². The van der Waals surface area contributed by atoms with Crippen molar-refractivity contribution in [3.63, 3.8) is 0 Å². The number of benzene rings is 3. The zero-order valence-electron chi connectivity index (χ0n) is 29.7. The number of ether oxygens (including phenoxy) is 3. The summed E-state index contributed by atoms with van der Waals surface area (Å²) in [4.78, 5) is 52.1. The zero-order chi connectivity index (χ0) is 35.6. The molecule has 0 spiro atoms. The van der Waals surface area contributed by atoms with Gasteiger partial charge in [0.25, 0.3) is 11.9 Å². The van der Waals surface area contributed by atoms with Crippen molar-refractivity contribution in [1.29, 1.82) is 0 Å². The Morgan fingerprint density at radius 1 is 1.00 bits per heavy atom. The number of H-pyrrole nitrogens is 1. The van der Waals surface area contributed by atoms with Gasteiger partial charge >= 0.3 is 0 Å². The lowest BCUT2D eigenvalue weighted by atomic mass is 9.98. The smallest absolute Gasteiger partial charge is 0.294 e. The van der Waals surface area contributed by atoms with Crippen molar-refractivity contribution in [2.75, 3.05) is 70.8 Å². The molecule has 1 aromatic heterocycles. The molecule has 12 nitrogen and oxygen atoms in total. The Morgan fingerprint density at radius 2 is 1.80 bits per heavy atom. The molecule has 1 aliphatic heterocycles. The first-order valence-electron chi connectivity index (χ1n) is 17.3. The van der Waals surface area contributed by atoms with Crippen LogP contribution in [0.15, 0.2) is 48.5 Å². The molecule has 2 heterocycles. The fraction of sp³-hybridized carbons (Fsp3) is 0.421. The molecule has 0 bridgehead atoms. The molecule has 1 fully saturated rings. The molecule has 2 N–H and O–H groups in total. The Hall–Kier alpha value is -5.10. The van der Waals surface area contributed by atoms with Crippen LogP contribution in [0, 0.1) is 6.92 Å². The van der Waals surface area contributed by atoms with E-state index in [1.165, 1.54) is 12.0 Å². The normalized spacial score (nSPS) is 13.3. The van der Waals surface area contributed by atoms with Gasteiger partial charge in [-0.05, 0) is 75.5 Å². The van der Waals surface area contributed by atoms with E-state index >= 15 is 0 Å². The molecule has 3 aromatic carbocycles. The second-order valence-corrected chi connectivity index (χ2v) is 12.6. The SMILES string of the molecule is CCCOc1nc2c(-c3ccc(C(=O)N(C)c4ccc(C)cc4OCCCCCC(=O)N4CCN(C)CC4)c(NC=O)c3OC)cccc2[nH]1. The first-order valence-corrected chi connectivity index (χ1v) is 17.3. The molecular formula is C38H48N6O6. The number of hydrogen-bond acceptors (Lipinski definition) is 8. The molecule has 12 heteroatoms. The third-order valence-electron chi connectivity index (χ3n) is 8.95. The molecule has 4 aromatic rings. The van der Waals surface area contributed by atoms with Crippen LogP contribution in [0.2, 0.25) is 0 Å². The second-order valence-electron chi connectivity index (χ2n) is 12.6. The third-order valence-corrected chi connectivity index (χ3v) is 8.95. The summed E-state index contributed by atoms with van der Waals surface area (Å²) in [6.45, 7) is 8.40. The largest absolute Gasteiger partial charge is 0.494 e. The number of amides is 3. The number of methoxy groups -OCH3 is 1. The molecule has 50 heavy (non-hydrogen) atoms. The van der Waals surface area contributed by atoms with Gasteiger partial charge in [-0.25, -0.2) is 0 Å². The summed E-state index contributed by atoms with van der Waals surface area (Å²) in [5, 5.41) is 2.72. The number of carbonyl (C=O) groups excluding carboxylic acids is 3. The van der Waals surface area contributed by atoms with Crippen molar-refractivity contribution in [1.82, 2.24) is 19.8 Å². The number of imidazole rings is 1. The number of anilines is 2. The summed E-state index contributed by atoms with van der Waals surface area (Å²) >= 11 is 0. The Kier molecular flexibility index (Phi) is 12.3. The minimum atomic E-state index is -0.358. The number of carbonyl (C=O) groups is 3. The van der Waals surface area contributed by atoms with Gasteiger partial charge in [-0.1, -0.05) is 25.1 Å². The van der Waals surface area contributed by atoms with Crippen LogP contribution in [0.25, 0.3) is 22.2 Å². The van der Waals surface area contributed by atoms with Gasteiger partial charge in [0.05, 0.1) is 42.8 Å². The number of nitrogens with zero attached hydrogens (tertiary/aromatic N) is 4. The molecule has 0 unspecified atom stereocenters. The maximum absolute atomic E-state index is 14.1. The van der Waals surface area contributed by atoms with E-state index in [1.807, 2.05) is 55.1 Å². The molecule has 5 rings (SSSR count). The number of piperazine rings is 1. The number of para-hydroxylation sites is 1. The summed E-state index contributed by atoms with van der Waals surface area (Å²) in [6, 6.07) is 15.3. The van der Waals surface area contributed by atoms with E-state index in [2.05, 4.69) is 27.2 Å². The van der Waals surface area contributed by atoms with Crippen molar-refractivity contribution >= 4 is 40.6 Å². The van der Waals surface area contributed by atoms with Gasteiger partial charge in [-0.3, -0.25) is 14.4 Å². The molecule has 266 valence electrons. The number of hydrogen-bond donors (Lipinski definition) is 2. The fourth-order valence-electron chi connectivity index (χ4n) is 6.14. The molecule has 0 atom stereocenters. The lowest BCUT2D eigenvalue weighted by molar-refractivity contribution is -0.132. The number of aryl methyl sites for hydroxylation is 1. The van der Waals surface area contributed by atoms with Gasteiger partial charge < -0.3 is 39.2 Å². The highest BCUT2D eigenvalue weighted by Gasteiger charge is 2.26. The number of unbranched alkanes of at least 4 members (excludes halogenated alkanes) is 2. The highest BCUT2D eigenvalue weighted by Crippen LogP contribution is 2.42. The van der Waals surface area contributed by atoms with Gasteiger partial charge in [0.15, 0.2) is 5.75 Å². The lowest BCUT2D eigenvalue weighted by Gasteiger charge is -2.32. The maximum Gasteiger partial charge on any atom is 0.294 e. The average Bonchev–Trinajstić information content (AvgIpc) is 3.55. The van der Waals surface area contributed by atoms with E-state index in [1.54, 1.807) is 19.2 Å². The van der Waals surface area contributed by atoms with Crippen LogP contribution < -0.4 is 24.4 Å². The van der Waals surface area contributed by atoms with Crippen molar-refractivity contribution in [2.24, 2.45) is 0 Å². The summed E-state index contributed by atoms with van der Waals surface area (Å²) in [7, 11) is 5.26. The first kappa shape index (κ1) is 36.2. The maximum atomic E-state index is 14.1. The Labute approximate surface area is 293 Å². The molecule has 0 saturated carbocycles. The van der Waals surface area contributed by atoms with Crippen LogP contribution in [-0.4, -0.2) is 98.6 Å². The number of rotatable bonds is 16. The predicted molar refractivity (Wildman–Crippen MR) is 196 cm³/mol. The number of aromatic amines is 1. The van der Waals surface area contributed by atoms with Crippen molar-refractivity contribution in [3.8, 4) is 28.6 Å². The number of nitrogens with one attached hydrogen (secondary N) is 2. The molecule has 0 aliphatic carbocycles. The van der Waals surface area contributed by atoms with E-state index in [0.717, 1.165) is 68.5 Å². The summed E-state index contributed by atoms with van der Waals surface area (Å²) in [5.74, 6) is 0.768. The molecule has 3 amide bonds. The quantitative estimate of drug-likeness (QED) is 0.110. The summed E-state index contributed by atoms with van der Waals surface area (Å²) in [5.41, 5.74) is 4.94. The zero-order valence-corrected chi connectivity index (χ0v) is 29.7. The summed E-state index contributed by atoms with van der Waals surface area (Å²) in [6.07, 6.45) is 4.37. The molecule has 1 aliphatic rings. The first-order chi connectivity index (χ1) is 24.2. The van der Waals surface area contributed by atoms with Crippen molar-refractivity contribution in [2.45, 2.75) is 46.0 Å². The van der Waals surface area contributed by atoms with Crippen LogP contribution >= 0.6 is 0 Å². The van der Waals surface area contributed by atoms with Crippen LogP contribution in [-0.2, 0) is 9.59 Å². The second kappa shape index (κ2) is 17.0. The van der Waals surface area contributed by atoms with E-state index in [9.17, 15) is 14.4 Å². The van der Waals surface area contributed by atoms with Gasteiger partial charge in [-0.15, -0.1) is 0 Å². The predicted octanol–water partition coefficient (Wildman–Crippen LogP) is 5.89. The Morgan fingerprint density at radius 3 is 2.54 bits per heavy atom. The van der Waals surface area contributed by atoms with Crippen LogP contribution in [0.4, 0.5) is 11.4 Å². The van der Waals surface area contributed by atoms with E-state index in [-0.39, 0.29) is 23.1 Å². The van der Waals surface area contributed by atoms with E-state index in [0.29, 0.717) is 60.3 Å². The topological polar surface area (TPSA) is 129 Å². The minimum Gasteiger partial charge on any atom is -0.494 e. The standard InChI is InChI=1S/C38H48N6O6/c1-6-22-50-38-40-30-12-10-11-27(34(30)41-38)28-15-16-29(35(39-25-45)36(28)48-5)37(47)43(4)31-17-14-26(2)24-32(31)49-23-9-7-8-13-33(46)44-20-18-42(3)19-21-44/h10-12,14-17,24-25H,6-9,13,18-23H2,1-5H3,(H,39,45)(H,40,41). The van der Waals surface area contributed by atoms with Gasteiger partial charge in [0, 0.05) is 50.8 Å². The third kappa shape index (κ3) is 8.36. The minimum absolute atomic E-state index is 0.220. The van der Waals surface area contributed by atoms with E-state index in [4.69, 9.17) is 14.2 Å². The van der Waals surface area contributed by atoms with Crippen molar-refractivity contribution < 1.29 is 28.6 Å². The Balaban J connectivity index is 1.31. The Bertz CT molecular complexity index is 1800. The highest BCUT2D eigenvalue weighted by atomic mass is 16.5. The van der Waals surface area contributed by atoms with Crippen molar-refractivity contribution in [3.05, 3.63) is 59.7 Å². The lowest BCUT2D eigenvalue weighted by Crippen LogP contribution is -2.47. The molecule has 1 saturated heterocycles. The highest BCUT2D eigenvalue weighted by molar-refractivity contribution is 6.13. The number of fused-ring (bicyclic) bond motifs is 1. The molecular weight excluding hydrogens is 636 g/mol. The molecule has 0 radical (unpaired) electrons. The average molecular weight is 685 g/mol. The van der Waals surface area contributed by atoms with Crippen LogP contribution in [0.3, 0.4) is 0 Å². The number of likely N-dealkylation sites (N-methyl/N-ethyl adjacent to an activating group) is 1. The summed E-state index contributed by atoms with van der Waals surface area (Å²) < 4.78 is 17.8. The van der Waals surface area contributed by atoms with Gasteiger partial charge in [-0.2, -0.15) is 4.98 Å². The van der Waals surface area contributed by atoms with E-state index < -0.39 is 0 Å². The van der Waals surface area contributed by atoms with Crippen LogP contribution in [0.5, 0.6) is 17.5 Å². The number of aromatic nitrogens is 2. The van der Waals surface area contributed by atoms with Crippen LogP contribution in [0.1, 0.15) is 54.9 Å². The fourth-order valence-corrected chi connectivity index (χ4v) is 6.14.